The molecule has 3 rings (SSSR count). The number of aromatic amines is 1. The summed E-state index contributed by atoms with van der Waals surface area (Å²) in [6, 6.07) is 13.1. The number of carbonyl (C=O) groups excluding carboxylic acids is 1. The van der Waals surface area contributed by atoms with Gasteiger partial charge in [-0.1, -0.05) is 43.3 Å². The van der Waals surface area contributed by atoms with Crippen molar-refractivity contribution in [1.29, 1.82) is 0 Å². The van der Waals surface area contributed by atoms with E-state index in [9.17, 15) is 9.90 Å². The number of carbonyl (C=O) groups is 1. The summed E-state index contributed by atoms with van der Waals surface area (Å²) in [4.78, 5) is 15.2. The van der Waals surface area contributed by atoms with Crippen molar-refractivity contribution < 1.29 is 32.4 Å². The Morgan fingerprint density at radius 2 is 1.81 bits per heavy atom. The zero-order chi connectivity index (χ0) is 23.9. The second-order valence-electron chi connectivity index (χ2n) is 7.78. The van der Waals surface area contributed by atoms with Crippen molar-refractivity contribution in [2.45, 2.75) is 25.7 Å². The summed E-state index contributed by atoms with van der Waals surface area (Å²) < 4.78 is 32.4. The molecule has 2 heterocycles. The highest BCUT2D eigenvalue weighted by molar-refractivity contribution is 7.84. The first-order valence-corrected chi connectivity index (χ1v) is 11.3. The normalized spacial score (nSPS) is 11.4. The first-order valence-electron chi connectivity index (χ1n) is 9.52. The Balaban J connectivity index is 0.000000654. The molecule has 0 fully saturated rings. The highest BCUT2D eigenvalue weighted by Crippen LogP contribution is 2.24. The molecule has 0 saturated carbocycles. The maximum atomic E-state index is 12.2. The largest absolute Gasteiger partial charge is 0.748 e. The third kappa shape index (κ3) is 8.10. The number of pyridine rings is 1. The number of rotatable bonds is 6. The molecule has 1 aromatic carbocycles. The Kier molecular flexibility index (Phi) is 8.08. The van der Waals surface area contributed by atoms with Gasteiger partial charge in [0, 0.05) is 29.4 Å². The number of nitrogens with zero attached hydrogens (tertiary/aromatic N) is 1. The maximum absolute atomic E-state index is 12.2. The number of hydrogen-bond donors (Lipinski definition) is 3. The molecule has 0 aliphatic carbocycles. The van der Waals surface area contributed by atoms with Crippen molar-refractivity contribution in [1.82, 2.24) is 5.16 Å². The molecule has 3 aromatic rings. The van der Waals surface area contributed by atoms with E-state index in [1.807, 2.05) is 50.4 Å². The van der Waals surface area contributed by atoms with Crippen LogP contribution in [0.25, 0.3) is 11.1 Å². The Morgan fingerprint density at radius 1 is 1.22 bits per heavy atom. The predicted octanol–water partition coefficient (Wildman–Crippen LogP) is 1.35. The molecule has 172 valence electrons. The lowest BCUT2D eigenvalue weighted by Gasteiger charge is -2.16. The number of amides is 1. The number of benzene rings is 1. The van der Waals surface area contributed by atoms with E-state index in [1.54, 1.807) is 12.1 Å². The molecule has 0 unspecified atom stereocenters. The summed E-state index contributed by atoms with van der Waals surface area (Å²) in [6.45, 7) is 3.62. The zero-order valence-electron chi connectivity index (χ0n) is 18.0. The average molecular weight is 463 g/mol. The molecule has 32 heavy (non-hydrogen) atoms. The van der Waals surface area contributed by atoms with Crippen molar-refractivity contribution in [3.05, 3.63) is 59.9 Å². The number of nitrogens with one attached hydrogen (secondary N) is 2. The number of anilines is 2. The lowest BCUT2D eigenvalue weighted by Crippen LogP contribution is -2.22. The Labute approximate surface area is 186 Å². The summed E-state index contributed by atoms with van der Waals surface area (Å²) in [5.41, 5.74) is 8.64. The molecular formula is C21H26N4O6S. The molecule has 0 saturated heterocycles. The molecule has 0 aliphatic heterocycles. The highest BCUT2D eigenvalue weighted by Gasteiger charge is 2.24. The Bertz CT molecular complexity index is 1130. The maximum Gasteiger partial charge on any atom is 0.270 e. The third-order valence-corrected chi connectivity index (χ3v) is 4.35. The zero-order valence-corrected chi connectivity index (χ0v) is 18.8. The molecule has 0 radical (unpaired) electrons. The van der Waals surface area contributed by atoms with Crippen LogP contribution < -0.4 is 16.0 Å². The van der Waals surface area contributed by atoms with Gasteiger partial charge in [-0.05, 0) is 17.2 Å². The van der Waals surface area contributed by atoms with E-state index in [1.165, 1.54) is 0 Å². The molecule has 0 bridgehead atoms. The van der Waals surface area contributed by atoms with Crippen LogP contribution in [0.2, 0.25) is 0 Å². The van der Waals surface area contributed by atoms with Gasteiger partial charge in [-0.2, -0.15) is 0 Å². The van der Waals surface area contributed by atoms with E-state index in [4.69, 9.17) is 23.2 Å². The second kappa shape index (κ2) is 10.4. The average Bonchev–Trinajstić information content (AvgIpc) is 3.17. The van der Waals surface area contributed by atoms with E-state index >= 15 is 0 Å². The first kappa shape index (κ1) is 25.0. The standard InChI is InChI=1S/C20H22N4O3.CH4O3S/c1-20(2,12-25)16-10-19(27-24-16)23-18(26)9-13-3-5-14(6-4-13)15-7-8-17(21)22-11-15;1-5(2,3)4/h3-8,10-11,25H,9,12H2,1-2H3,(H2,21,22)(H,23,26);1H3,(H,2,3,4). The van der Waals surface area contributed by atoms with E-state index in [0.717, 1.165) is 16.7 Å². The van der Waals surface area contributed by atoms with E-state index < -0.39 is 15.5 Å². The highest BCUT2D eigenvalue weighted by atomic mass is 32.2. The van der Waals surface area contributed by atoms with Crippen LogP contribution >= 0.6 is 0 Å². The van der Waals surface area contributed by atoms with Crippen LogP contribution in [0.4, 0.5) is 11.7 Å². The van der Waals surface area contributed by atoms with Crippen LogP contribution in [-0.2, 0) is 26.7 Å². The summed E-state index contributed by atoms with van der Waals surface area (Å²) in [7, 11) is -3.92. The van der Waals surface area contributed by atoms with Crippen LogP contribution in [0.15, 0.2) is 53.2 Å². The molecule has 11 heteroatoms. The van der Waals surface area contributed by atoms with Crippen LogP contribution in [0, 0.1) is 0 Å². The number of H-pyrrole nitrogens is 1. The minimum absolute atomic E-state index is 0.0644. The van der Waals surface area contributed by atoms with Gasteiger partial charge in [-0.25, -0.2) is 13.4 Å². The Morgan fingerprint density at radius 3 is 2.34 bits per heavy atom. The van der Waals surface area contributed by atoms with Crippen molar-refractivity contribution in [2.75, 3.05) is 23.9 Å². The summed E-state index contributed by atoms with van der Waals surface area (Å²) in [6.07, 6.45) is 2.66. The first-order chi connectivity index (χ1) is 14.9. The van der Waals surface area contributed by atoms with Gasteiger partial charge in [0.15, 0.2) is 0 Å². The number of nitrogen functional groups attached to an aromatic ring is 1. The van der Waals surface area contributed by atoms with Gasteiger partial charge in [0.25, 0.3) is 5.82 Å². The molecular weight excluding hydrogens is 436 g/mol. The smallest absolute Gasteiger partial charge is 0.270 e. The molecule has 0 atom stereocenters. The third-order valence-electron chi connectivity index (χ3n) is 4.35. The second-order valence-corrected chi connectivity index (χ2v) is 9.19. The van der Waals surface area contributed by atoms with Gasteiger partial charge in [0.05, 0.1) is 35.0 Å². The minimum Gasteiger partial charge on any atom is -0.748 e. The minimum atomic E-state index is -3.92. The molecule has 0 aliphatic rings. The van der Waals surface area contributed by atoms with Crippen molar-refractivity contribution in [3.8, 4) is 11.1 Å². The van der Waals surface area contributed by atoms with Crippen LogP contribution in [0.5, 0.6) is 0 Å². The lowest BCUT2D eigenvalue weighted by molar-refractivity contribution is -0.359. The molecule has 10 nitrogen and oxygen atoms in total. The van der Waals surface area contributed by atoms with Gasteiger partial charge in [-0.3, -0.25) is 15.8 Å². The molecule has 1 amide bonds. The summed E-state index contributed by atoms with van der Waals surface area (Å²) in [5.74, 6) is 0.670. The number of aliphatic hydroxyl groups is 1. The predicted molar refractivity (Wildman–Crippen MR) is 117 cm³/mol. The van der Waals surface area contributed by atoms with Crippen molar-refractivity contribution in [2.24, 2.45) is 0 Å². The molecule has 2 aromatic heterocycles. The molecule has 0 spiro atoms. The van der Waals surface area contributed by atoms with E-state index in [-0.39, 0.29) is 24.8 Å². The number of aromatic nitrogens is 2. The van der Waals surface area contributed by atoms with Gasteiger partial charge < -0.3 is 14.2 Å². The van der Waals surface area contributed by atoms with E-state index in [2.05, 4.69) is 15.5 Å². The molecule has 5 N–H and O–H groups in total. The Hall–Kier alpha value is -3.28. The lowest BCUT2D eigenvalue weighted by atomic mass is 9.91. The van der Waals surface area contributed by atoms with Crippen LogP contribution in [-0.4, -0.2) is 42.0 Å². The van der Waals surface area contributed by atoms with Gasteiger partial charge in [0.1, 0.15) is 0 Å². The van der Waals surface area contributed by atoms with E-state index in [0.29, 0.717) is 17.8 Å². The van der Waals surface area contributed by atoms with Crippen LogP contribution in [0.3, 0.4) is 0 Å². The fourth-order valence-electron chi connectivity index (χ4n) is 2.53. The number of nitrogens with two attached hydrogens (primary N) is 1. The van der Waals surface area contributed by atoms with Crippen molar-refractivity contribution in [3.63, 3.8) is 0 Å². The van der Waals surface area contributed by atoms with Gasteiger partial charge in [-0.15, -0.1) is 0 Å². The van der Waals surface area contributed by atoms with Gasteiger partial charge >= 0.3 is 0 Å². The quantitative estimate of drug-likeness (QED) is 0.460. The topological polar surface area (TPSA) is 173 Å². The number of hydrogen-bond acceptors (Lipinski definition) is 8. The SMILES string of the molecule is CC(C)(CO)c1cc(NC(=O)Cc2ccc(-c3ccc(N)[nH+]c3)cc2)on1.CS(=O)(=O)[O-]. The number of aliphatic hydroxyl groups excluding tert-OH is 1. The van der Waals surface area contributed by atoms with Crippen LogP contribution in [0.1, 0.15) is 25.1 Å². The summed E-state index contributed by atoms with van der Waals surface area (Å²) in [5, 5.41) is 16.0. The van der Waals surface area contributed by atoms with Gasteiger partial charge in [0.2, 0.25) is 11.8 Å². The summed E-state index contributed by atoms with van der Waals surface area (Å²) >= 11 is 0. The monoisotopic (exact) mass is 462 g/mol. The fourth-order valence-corrected chi connectivity index (χ4v) is 2.53. The van der Waals surface area contributed by atoms with Crippen molar-refractivity contribution >= 4 is 27.7 Å². The fraction of sp³-hybridized carbons (Fsp3) is 0.286.